The lowest BCUT2D eigenvalue weighted by Crippen LogP contribution is -2.55. The van der Waals surface area contributed by atoms with Gasteiger partial charge in [-0.15, -0.1) is 0 Å². The van der Waals surface area contributed by atoms with Crippen LogP contribution in [0.15, 0.2) is 0 Å². The normalized spacial score (nSPS) is 26.9. The summed E-state index contributed by atoms with van der Waals surface area (Å²) in [4.78, 5) is 14.9. The van der Waals surface area contributed by atoms with Crippen molar-refractivity contribution in [3.05, 3.63) is 0 Å². The Morgan fingerprint density at radius 1 is 1.42 bits per heavy atom. The second kappa shape index (κ2) is 6.23. The largest absolute Gasteiger partial charge is 0.394 e. The van der Waals surface area contributed by atoms with Crippen molar-refractivity contribution >= 4 is 5.91 Å². The molecule has 1 saturated heterocycles. The van der Waals surface area contributed by atoms with Crippen LogP contribution in [0.4, 0.5) is 0 Å². The Morgan fingerprint density at radius 2 is 2.11 bits per heavy atom. The Kier molecular flexibility index (Phi) is 4.85. The molecule has 110 valence electrons. The summed E-state index contributed by atoms with van der Waals surface area (Å²) >= 11 is 0. The second-order valence-electron chi connectivity index (χ2n) is 6.50. The molecule has 2 aliphatic rings. The Morgan fingerprint density at radius 3 is 2.68 bits per heavy atom. The van der Waals surface area contributed by atoms with E-state index in [1.807, 2.05) is 4.90 Å². The van der Waals surface area contributed by atoms with Crippen LogP contribution in [0.3, 0.4) is 0 Å². The maximum atomic E-state index is 13.0. The lowest BCUT2D eigenvalue weighted by molar-refractivity contribution is -0.153. The molecule has 2 fully saturated rings. The lowest BCUT2D eigenvalue weighted by Gasteiger charge is -2.41. The molecule has 0 bridgehead atoms. The summed E-state index contributed by atoms with van der Waals surface area (Å²) in [5, 5.41) is 9.45. The Labute approximate surface area is 116 Å². The standard InChI is InChI=1S/C15H27NO3/c1-12(2)9-15(5-3-4-6-15)14(18)16-7-8-19-11-13(16)10-17/h12-13,17H,3-11H2,1-2H3. The number of hydrogen-bond donors (Lipinski definition) is 1. The van der Waals surface area contributed by atoms with E-state index >= 15 is 0 Å². The molecule has 1 heterocycles. The summed E-state index contributed by atoms with van der Waals surface area (Å²) in [6.07, 6.45) is 5.32. The predicted molar refractivity (Wildman–Crippen MR) is 73.8 cm³/mol. The van der Waals surface area contributed by atoms with Crippen molar-refractivity contribution in [3.63, 3.8) is 0 Å². The van der Waals surface area contributed by atoms with E-state index < -0.39 is 0 Å². The fraction of sp³-hybridized carbons (Fsp3) is 0.933. The van der Waals surface area contributed by atoms with Gasteiger partial charge in [0.05, 0.1) is 25.9 Å². The van der Waals surface area contributed by atoms with Gasteiger partial charge in [-0.1, -0.05) is 26.7 Å². The number of morpholine rings is 1. The molecule has 1 aliphatic heterocycles. The summed E-state index contributed by atoms with van der Waals surface area (Å²) in [7, 11) is 0. The number of aliphatic hydroxyl groups is 1. The van der Waals surface area contributed by atoms with Gasteiger partial charge in [0.2, 0.25) is 5.91 Å². The number of aliphatic hydroxyl groups excluding tert-OH is 1. The minimum absolute atomic E-state index is 0.00347. The van der Waals surface area contributed by atoms with Gasteiger partial charge in [0.25, 0.3) is 0 Å². The fourth-order valence-electron chi connectivity index (χ4n) is 3.72. The smallest absolute Gasteiger partial charge is 0.229 e. The summed E-state index contributed by atoms with van der Waals surface area (Å²) in [6, 6.07) is -0.147. The topological polar surface area (TPSA) is 49.8 Å². The van der Waals surface area contributed by atoms with Gasteiger partial charge in [0.1, 0.15) is 0 Å². The first kappa shape index (κ1) is 14.8. The molecule has 2 rings (SSSR count). The van der Waals surface area contributed by atoms with E-state index in [0.29, 0.717) is 25.7 Å². The van der Waals surface area contributed by atoms with Gasteiger partial charge in [-0.25, -0.2) is 0 Å². The van der Waals surface area contributed by atoms with Crippen molar-refractivity contribution in [2.24, 2.45) is 11.3 Å². The van der Waals surface area contributed by atoms with E-state index in [0.717, 1.165) is 32.1 Å². The number of amides is 1. The maximum Gasteiger partial charge on any atom is 0.229 e. The number of nitrogens with zero attached hydrogens (tertiary/aromatic N) is 1. The zero-order valence-electron chi connectivity index (χ0n) is 12.2. The minimum Gasteiger partial charge on any atom is -0.394 e. The van der Waals surface area contributed by atoms with Crippen molar-refractivity contribution in [1.82, 2.24) is 4.90 Å². The SMILES string of the molecule is CC(C)CC1(C(=O)N2CCOCC2CO)CCCC1. The van der Waals surface area contributed by atoms with Crippen molar-refractivity contribution < 1.29 is 14.6 Å². The van der Waals surface area contributed by atoms with Crippen molar-refractivity contribution in [3.8, 4) is 0 Å². The average Bonchev–Trinajstić information content (AvgIpc) is 2.86. The van der Waals surface area contributed by atoms with Crippen molar-refractivity contribution in [2.75, 3.05) is 26.4 Å². The highest BCUT2D eigenvalue weighted by atomic mass is 16.5. The first-order chi connectivity index (χ1) is 9.09. The first-order valence-electron chi connectivity index (χ1n) is 7.59. The highest BCUT2D eigenvalue weighted by Gasteiger charge is 2.45. The Balaban J connectivity index is 2.14. The lowest BCUT2D eigenvalue weighted by atomic mass is 9.77. The van der Waals surface area contributed by atoms with Crippen LogP contribution in [-0.4, -0.2) is 48.3 Å². The van der Waals surface area contributed by atoms with Gasteiger partial charge in [0.15, 0.2) is 0 Å². The molecule has 0 aromatic heterocycles. The van der Waals surface area contributed by atoms with E-state index in [1.165, 1.54) is 0 Å². The molecule has 0 radical (unpaired) electrons. The van der Waals surface area contributed by atoms with Crippen molar-refractivity contribution in [1.29, 1.82) is 0 Å². The molecule has 0 aromatic rings. The zero-order chi connectivity index (χ0) is 13.9. The molecule has 4 nitrogen and oxygen atoms in total. The van der Waals surface area contributed by atoms with Crippen LogP contribution in [-0.2, 0) is 9.53 Å². The molecule has 19 heavy (non-hydrogen) atoms. The molecule has 1 N–H and O–H groups in total. The van der Waals surface area contributed by atoms with Crippen LogP contribution in [0, 0.1) is 11.3 Å². The van der Waals surface area contributed by atoms with Crippen LogP contribution in [0.2, 0.25) is 0 Å². The summed E-state index contributed by atoms with van der Waals surface area (Å²) in [5.74, 6) is 0.803. The average molecular weight is 269 g/mol. The maximum absolute atomic E-state index is 13.0. The molecule has 0 spiro atoms. The highest BCUT2D eigenvalue weighted by molar-refractivity contribution is 5.83. The number of carbonyl (C=O) groups is 1. The van der Waals surface area contributed by atoms with E-state index in [-0.39, 0.29) is 24.0 Å². The van der Waals surface area contributed by atoms with E-state index in [4.69, 9.17) is 4.74 Å². The third-order valence-corrected chi connectivity index (χ3v) is 4.51. The van der Waals surface area contributed by atoms with Crippen molar-refractivity contribution in [2.45, 2.75) is 52.0 Å². The molecule has 1 unspecified atom stereocenters. The monoisotopic (exact) mass is 269 g/mol. The summed E-state index contributed by atoms with van der Waals surface area (Å²) in [6.45, 7) is 6.08. The van der Waals surface area contributed by atoms with Crippen LogP contribution in [0.5, 0.6) is 0 Å². The fourth-order valence-corrected chi connectivity index (χ4v) is 3.72. The second-order valence-corrected chi connectivity index (χ2v) is 6.50. The number of ether oxygens (including phenoxy) is 1. The molecule has 1 saturated carbocycles. The van der Waals surface area contributed by atoms with Gasteiger partial charge < -0.3 is 14.7 Å². The van der Waals surface area contributed by atoms with Gasteiger partial charge in [-0.2, -0.15) is 0 Å². The minimum atomic E-state index is -0.168. The molecule has 1 aliphatic carbocycles. The molecule has 4 heteroatoms. The third kappa shape index (κ3) is 3.11. The first-order valence-corrected chi connectivity index (χ1v) is 7.59. The molecule has 0 aromatic carbocycles. The third-order valence-electron chi connectivity index (χ3n) is 4.51. The van der Waals surface area contributed by atoms with Gasteiger partial charge >= 0.3 is 0 Å². The van der Waals surface area contributed by atoms with E-state index in [2.05, 4.69) is 13.8 Å². The number of carbonyl (C=O) groups excluding carboxylic acids is 1. The van der Waals surface area contributed by atoms with Gasteiger partial charge in [-0.05, 0) is 25.2 Å². The zero-order valence-corrected chi connectivity index (χ0v) is 12.2. The number of rotatable bonds is 4. The highest BCUT2D eigenvalue weighted by Crippen LogP contribution is 2.45. The predicted octanol–water partition coefficient (Wildman–Crippen LogP) is 1.81. The Hall–Kier alpha value is -0.610. The van der Waals surface area contributed by atoms with E-state index in [9.17, 15) is 9.90 Å². The Bertz CT molecular complexity index is 311. The van der Waals surface area contributed by atoms with Crippen LogP contribution in [0.25, 0.3) is 0 Å². The van der Waals surface area contributed by atoms with Crippen LogP contribution < -0.4 is 0 Å². The molecule has 1 amide bonds. The van der Waals surface area contributed by atoms with Crippen LogP contribution in [0.1, 0.15) is 46.0 Å². The van der Waals surface area contributed by atoms with Gasteiger partial charge in [-0.3, -0.25) is 4.79 Å². The number of hydrogen-bond acceptors (Lipinski definition) is 3. The van der Waals surface area contributed by atoms with E-state index in [1.54, 1.807) is 0 Å². The summed E-state index contributed by atoms with van der Waals surface area (Å²) < 4.78 is 5.38. The van der Waals surface area contributed by atoms with Crippen LogP contribution >= 0.6 is 0 Å². The van der Waals surface area contributed by atoms with Gasteiger partial charge in [0, 0.05) is 12.0 Å². The summed E-state index contributed by atoms with van der Waals surface area (Å²) in [5.41, 5.74) is -0.168. The quantitative estimate of drug-likeness (QED) is 0.847. The molecule has 1 atom stereocenters. The molecular formula is C15H27NO3. The molecular weight excluding hydrogens is 242 g/mol.